The summed E-state index contributed by atoms with van der Waals surface area (Å²) in [6.45, 7) is 5.31. The minimum atomic E-state index is -2.95. The van der Waals surface area contributed by atoms with Crippen LogP contribution >= 0.6 is 0 Å². The third-order valence-corrected chi connectivity index (χ3v) is 1.27. The predicted molar refractivity (Wildman–Crippen MR) is 41.3 cm³/mol. The fourth-order valence-corrected chi connectivity index (χ4v) is 0. The first kappa shape index (κ1) is 25.1. The van der Waals surface area contributed by atoms with Gasteiger partial charge in [-0.15, -0.1) is 0 Å². The number of hydrogen-bond acceptors (Lipinski definition) is 6. The summed E-state index contributed by atoms with van der Waals surface area (Å²) in [6, 6.07) is 0. The normalized spacial score (nSPS) is 13.6. The molecule has 2 unspecified atom stereocenters. The van der Waals surface area contributed by atoms with E-state index >= 15 is 0 Å². The van der Waals surface area contributed by atoms with Crippen LogP contribution in [0.2, 0.25) is 0 Å². The molecule has 0 aliphatic rings. The van der Waals surface area contributed by atoms with Crippen LogP contribution in [-0.2, 0) is 25.1 Å². The SMILES string of the molecule is CC(C)(C)OO.O=S([O-])S(=O)[O-].[Na+].[Na+]. The van der Waals surface area contributed by atoms with Crippen molar-refractivity contribution in [1.82, 2.24) is 0 Å². The fourth-order valence-electron chi connectivity index (χ4n) is 0. The first-order valence-corrected chi connectivity index (χ1v) is 5.39. The molecule has 0 amide bonds. The van der Waals surface area contributed by atoms with Gasteiger partial charge < -0.3 is 9.11 Å². The summed E-state index contributed by atoms with van der Waals surface area (Å²) in [5, 5.41) is 7.90. The van der Waals surface area contributed by atoms with Crippen LogP contribution in [0.3, 0.4) is 0 Å². The van der Waals surface area contributed by atoms with Crippen LogP contribution in [-0.4, -0.2) is 28.4 Å². The molecule has 0 fully saturated rings. The third-order valence-electron chi connectivity index (χ3n) is 0.385. The molecule has 0 aliphatic heterocycles. The molecule has 0 aliphatic carbocycles. The van der Waals surface area contributed by atoms with Gasteiger partial charge in [0.2, 0.25) is 0 Å². The molecule has 14 heavy (non-hydrogen) atoms. The third kappa shape index (κ3) is 29.2. The summed E-state index contributed by atoms with van der Waals surface area (Å²) < 4.78 is 36.3. The van der Waals surface area contributed by atoms with Crippen molar-refractivity contribution in [1.29, 1.82) is 0 Å². The van der Waals surface area contributed by atoms with Crippen LogP contribution in [0, 0.1) is 0 Å². The van der Waals surface area contributed by atoms with E-state index in [0.29, 0.717) is 0 Å². The molecule has 10 heteroatoms. The summed E-state index contributed by atoms with van der Waals surface area (Å²) in [6.07, 6.45) is 0. The Morgan fingerprint density at radius 3 is 1.21 bits per heavy atom. The molecular formula is C4H10Na2O6S2. The molecule has 0 heterocycles. The van der Waals surface area contributed by atoms with Crippen molar-refractivity contribution < 1.29 is 86.8 Å². The van der Waals surface area contributed by atoms with Gasteiger partial charge in [0.25, 0.3) is 0 Å². The van der Waals surface area contributed by atoms with E-state index in [1.807, 2.05) is 0 Å². The topological polar surface area (TPSA) is 110 Å². The van der Waals surface area contributed by atoms with E-state index in [4.69, 9.17) is 22.8 Å². The molecule has 0 spiro atoms. The van der Waals surface area contributed by atoms with Crippen molar-refractivity contribution in [3.63, 3.8) is 0 Å². The van der Waals surface area contributed by atoms with Crippen LogP contribution in [0.25, 0.3) is 0 Å². The van der Waals surface area contributed by atoms with E-state index < -0.39 is 25.8 Å². The zero-order chi connectivity index (χ0) is 10.4. The van der Waals surface area contributed by atoms with Crippen molar-refractivity contribution in [2.75, 3.05) is 0 Å². The number of hydrogen-bond donors (Lipinski definition) is 1. The second kappa shape index (κ2) is 13.2. The van der Waals surface area contributed by atoms with Crippen molar-refractivity contribution in [2.45, 2.75) is 26.4 Å². The molecule has 0 saturated carbocycles. The first-order chi connectivity index (χ1) is 5.20. The maximum atomic E-state index is 9.09. The summed E-state index contributed by atoms with van der Waals surface area (Å²) >= 11 is 0. The summed E-state index contributed by atoms with van der Waals surface area (Å²) in [4.78, 5) is 3.94. The molecule has 0 aromatic carbocycles. The second-order valence-corrected chi connectivity index (χ2v) is 5.06. The van der Waals surface area contributed by atoms with Crippen molar-refractivity contribution >= 4 is 20.2 Å². The van der Waals surface area contributed by atoms with Gasteiger partial charge in [0.1, 0.15) is 0 Å². The van der Waals surface area contributed by atoms with Gasteiger partial charge >= 0.3 is 59.1 Å². The summed E-state index contributed by atoms with van der Waals surface area (Å²) in [7, 11) is -5.90. The van der Waals surface area contributed by atoms with E-state index in [0.717, 1.165) is 0 Å². The Labute approximate surface area is 132 Å². The monoisotopic (exact) mass is 264 g/mol. The molecule has 1 N–H and O–H groups in total. The van der Waals surface area contributed by atoms with Crippen LogP contribution < -0.4 is 59.1 Å². The molecule has 2 atom stereocenters. The number of rotatable bonds is 1. The van der Waals surface area contributed by atoms with Gasteiger partial charge in [-0.05, 0) is 20.8 Å². The molecule has 76 valence electrons. The minimum Gasteiger partial charge on any atom is -0.763 e. The molecule has 6 nitrogen and oxygen atoms in total. The molecule has 0 radical (unpaired) electrons. The zero-order valence-electron chi connectivity index (χ0n) is 8.80. The molecule has 0 saturated heterocycles. The molecule has 0 aromatic rings. The Morgan fingerprint density at radius 2 is 1.21 bits per heavy atom. The van der Waals surface area contributed by atoms with Crippen molar-refractivity contribution in [3.05, 3.63) is 0 Å². The van der Waals surface area contributed by atoms with E-state index in [-0.39, 0.29) is 59.1 Å². The Balaban J connectivity index is -0.0000000625. The standard InChI is InChI=1S/C4H10O2.2Na.H2O4S2/c1-4(2,3)6-5;;;1-5(2)6(3)4/h5H,1-3H3;;;(H,1,2)(H,3,4)/q;2*+1;/p-2. The second-order valence-electron chi connectivity index (χ2n) is 2.61. The molecule has 0 aromatic heterocycles. The van der Waals surface area contributed by atoms with Crippen LogP contribution in [0.5, 0.6) is 0 Å². The smallest absolute Gasteiger partial charge is 0.763 e. The quantitative estimate of drug-likeness (QED) is 0.166. The molecular weight excluding hydrogens is 254 g/mol. The Morgan fingerprint density at radius 1 is 1.07 bits per heavy atom. The van der Waals surface area contributed by atoms with Crippen LogP contribution in [0.15, 0.2) is 0 Å². The zero-order valence-corrected chi connectivity index (χ0v) is 14.4. The van der Waals surface area contributed by atoms with Gasteiger partial charge in [-0.25, -0.2) is 4.89 Å². The molecule has 0 bridgehead atoms. The Bertz CT molecular complexity index is 158. The van der Waals surface area contributed by atoms with E-state index in [1.54, 1.807) is 20.8 Å². The van der Waals surface area contributed by atoms with E-state index in [2.05, 4.69) is 4.89 Å². The van der Waals surface area contributed by atoms with Crippen molar-refractivity contribution in [2.24, 2.45) is 0 Å². The van der Waals surface area contributed by atoms with E-state index in [9.17, 15) is 0 Å². The summed E-state index contributed by atoms with van der Waals surface area (Å²) in [5.74, 6) is 0. The van der Waals surface area contributed by atoms with E-state index in [1.165, 1.54) is 0 Å². The first-order valence-electron chi connectivity index (χ1n) is 2.72. The van der Waals surface area contributed by atoms with Gasteiger partial charge in [0.05, 0.1) is 5.60 Å². The Hall–Kier alpha value is 2.14. The minimum absolute atomic E-state index is 0. The van der Waals surface area contributed by atoms with Gasteiger partial charge in [-0.1, -0.05) is 0 Å². The van der Waals surface area contributed by atoms with Gasteiger partial charge in [0.15, 0.2) is 0 Å². The van der Waals surface area contributed by atoms with Crippen LogP contribution in [0.4, 0.5) is 0 Å². The van der Waals surface area contributed by atoms with Gasteiger partial charge in [-0.2, -0.15) is 0 Å². The summed E-state index contributed by atoms with van der Waals surface area (Å²) in [5.41, 5.74) is -0.403. The largest absolute Gasteiger partial charge is 1.00 e. The van der Waals surface area contributed by atoms with Crippen molar-refractivity contribution in [3.8, 4) is 0 Å². The fraction of sp³-hybridized carbons (Fsp3) is 1.00. The average molecular weight is 264 g/mol. The molecule has 0 rings (SSSR count). The van der Waals surface area contributed by atoms with Crippen LogP contribution in [0.1, 0.15) is 20.8 Å². The maximum Gasteiger partial charge on any atom is 1.00 e. The Kier molecular flexibility index (Phi) is 23.7. The predicted octanol–water partition coefficient (Wildman–Crippen LogP) is -6.06. The maximum absolute atomic E-state index is 9.09. The van der Waals surface area contributed by atoms with Gasteiger partial charge in [0, 0.05) is 20.2 Å². The van der Waals surface area contributed by atoms with Gasteiger partial charge in [-0.3, -0.25) is 13.7 Å². The average Bonchev–Trinajstić information content (AvgIpc) is 1.87.